The molecule has 0 radical (unpaired) electrons. The van der Waals surface area contributed by atoms with Crippen molar-refractivity contribution in [3.8, 4) is 11.3 Å². The summed E-state index contributed by atoms with van der Waals surface area (Å²) in [6.07, 6.45) is 12.9. The number of anilines is 1. The van der Waals surface area contributed by atoms with Crippen molar-refractivity contribution in [2.24, 2.45) is 11.8 Å². The molecular weight excluding hydrogens is 350 g/mol. The minimum atomic E-state index is 0.253. The molecule has 0 aromatic carbocycles. The summed E-state index contributed by atoms with van der Waals surface area (Å²) in [6, 6.07) is 6.07. The second kappa shape index (κ2) is 9.22. The molecule has 1 amide bonds. The molecule has 0 bridgehead atoms. The lowest BCUT2D eigenvalue weighted by Crippen LogP contribution is -2.39. The van der Waals surface area contributed by atoms with Crippen LogP contribution in [0.1, 0.15) is 51.4 Å². The number of pyridine rings is 1. The quantitative estimate of drug-likeness (QED) is 0.799. The van der Waals surface area contributed by atoms with Gasteiger partial charge in [0.05, 0.1) is 5.69 Å². The number of rotatable bonds is 6. The number of aromatic nitrogens is 3. The van der Waals surface area contributed by atoms with Crippen LogP contribution in [-0.2, 0) is 4.79 Å². The summed E-state index contributed by atoms with van der Waals surface area (Å²) in [6.45, 7) is 2.79. The molecule has 0 atom stereocenters. The summed E-state index contributed by atoms with van der Waals surface area (Å²) >= 11 is 0. The van der Waals surface area contributed by atoms with Gasteiger partial charge in [-0.2, -0.15) is 5.10 Å². The van der Waals surface area contributed by atoms with Gasteiger partial charge in [0.2, 0.25) is 5.91 Å². The van der Waals surface area contributed by atoms with E-state index in [2.05, 4.69) is 31.5 Å². The zero-order valence-corrected chi connectivity index (χ0v) is 16.6. The third kappa shape index (κ3) is 4.91. The van der Waals surface area contributed by atoms with Gasteiger partial charge in [-0.1, -0.05) is 19.3 Å². The number of carbonyl (C=O) groups is 1. The Morgan fingerprint density at radius 3 is 2.71 bits per heavy atom. The van der Waals surface area contributed by atoms with Crippen molar-refractivity contribution in [2.45, 2.75) is 51.4 Å². The van der Waals surface area contributed by atoms with E-state index in [1.807, 2.05) is 18.3 Å². The molecule has 1 aliphatic heterocycles. The van der Waals surface area contributed by atoms with E-state index in [1.54, 1.807) is 6.20 Å². The monoisotopic (exact) mass is 381 g/mol. The Morgan fingerprint density at radius 1 is 1.14 bits per heavy atom. The van der Waals surface area contributed by atoms with Gasteiger partial charge in [-0.05, 0) is 49.7 Å². The van der Waals surface area contributed by atoms with E-state index in [9.17, 15) is 4.79 Å². The predicted molar refractivity (Wildman–Crippen MR) is 111 cm³/mol. The first-order chi connectivity index (χ1) is 13.8. The van der Waals surface area contributed by atoms with E-state index >= 15 is 0 Å². The van der Waals surface area contributed by atoms with Gasteiger partial charge < -0.3 is 10.2 Å². The van der Waals surface area contributed by atoms with Crippen LogP contribution < -0.4 is 10.2 Å². The highest BCUT2D eigenvalue weighted by Gasteiger charge is 2.22. The lowest BCUT2D eigenvalue weighted by atomic mass is 9.87. The van der Waals surface area contributed by atoms with E-state index in [1.165, 1.54) is 32.1 Å². The molecule has 1 aliphatic carbocycles. The second-order valence-electron chi connectivity index (χ2n) is 8.32. The minimum absolute atomic E-state index is 0.253. The van der Waals surface area contributed by atoms with Crippen LogP contribution in [0.25, 0.3) is 11.3 Å². The summed E-state index contributed by atoms with van der Waals surface area (Å²) in [5.74, 6) is 2.44. The molecule has 2 fully saturated rings. The normalized spacial score (nSPS) is 18.9. The molecule has 1 saturated heterocycles. The van der Waals surface area contributed by atoms with Crippen molar-refractivity contribution in [1.82, 2.24) is 20.5 Å². The second-order valence-corrected chi connectivity index (χ2v) is 8.32. The summed E-state index contributed by atoms with van der Waals surface area (Å²) in [7, 11) is 0. The average molecular weight is 382 g/mol. The highest BCUT2D eigenvalue weighted by atomic mass is 16.1. The Bertz CT molecular complexity index is 745. The fourth-order valence-electron chi connectivity index (χ4n) is 4.49. The Labute approximate surface area is 167 Å². The molecule has 2 aromatic rings. The van der Waals surface area contributed by atoms with Gasteiger partial charge >= 0.3 is 0 Å². The van der Waals surface area contributed by atoms with Crippen LogP contribution in [0.2, 0.25) is 0 Å². The first-order valence-corrected chi connectivity index (χ1v) is 10.8. The molecule has 2 aromatic heterocycles. The van der Waals surface area contributed by atoms with Crippen LogP contribution in [0.15, 0.2) is 30.6 Å². The maximum absolute atomic E-state index is 12.2. The van der Waals surface area contributed by atoms with Gasteiger partial charge in [-0.15, -0.1) is 0 Å². The van der Waals surface area contributed by atoms with Gasteiger partial charge in [0, 0.05) is 50.1 Å². The number of carbonyl (C=O) groups excluding carboxylic acids is 1. The molecule has 1 saturated carbocycles. The SMILES string of the molecule is O=C(CC1CCCCC1)NCC1CCN(c2cc(-c3cccnc3)[nH]n2)CC1. The van der Waals surface area contributed by atoms with Gasteiger partial charge in [-0.3, -0.25) is 14.9 Å². The van der Waals surface area contributed by atoms with Crippen molar-refractivity contribution in [3.05, 3.63) is 30.6 Å². The van der Waals surface area contributed by atoms with E-state index < -0.39 is 0 Å². The van der Waals surface area contributed by atoms with E-state index in [4.69, 9.17) is 0 Å². The van der Waals surface area contributed by atoms with Crippen LogP contribution in [0.3, 0.4) is 0 Å². The number of hydrogen-bond acceptors (Lipinski definition) is 4. The molecule has 0 spiro atoms. The Kier molecular flexibility index (Phi) is 6.24. The van der Waals surface area contributed by atoms with Crippen LogP contribution in [0, 0.1) is 11.8 Å². The van der Waals surface area contributed by atoms with Crippen LogP contribution in [-0.4, -0.2) is 40.7 Å². The maximum atomic E-state index is 12.2. The lowest BCUT2D eigenvalue weighted by molar-refractivity contribution is -0.122. The Hall–Kier alpha value is -2.37. The van der Waals surface area contributed by atoms with Crippen molar-refractivity contribution >= 4 is 11.7 Å². The lowest BCUT2D eigenvalue weighted by Gasteiger charge is -2.32. The highest BCUT2D eigenvalue weighted by molar-refractivity contribution is 5.76. The molecule has 6 heteroatoms. The molecule has 2 N–H and O–H groups in total. The van der Waals surface area contributed by atoms with E-state index in [0.717, 1.165) is 56.0 Å². The Morgan fingerprint density at radius 2 is 1.96 bits per heavy atom. The summed E-state index contributed by atoms with van der Waals surface area (Å²) in [5.41, 5.74) is 2.05. The fraction of sp³-hybridized carbons (Fsp3) is 0.591. The number of nitrogens with zero attached hydrogens (tertiary/aromatic N) is 3. The number of amides is 1. The van der Waals surface area contributed by atoms with E-state index in [0.29, 0.717) is 11.8 Å². The zero-order chi connectivity index (χ0) is 19.2. The van der Waals surface area contributed by atoms with E-state index in [-0.39, 0.29) is 5.91 Å². The third-order valence-corrected chi connectivity index (χ3v) is 6.26. The van der Waals surface area contributed by atoms with Crippen LogP contribution in [0.5, 0.6) is 0 Å². The van der Waals surface area contributed by atoms with Crippen molar-refractivity contribution < 1.29 is 4.79 Å². The highest BCUT2D eigenvalue weighted by Crippen LogP contribution is 2.27. The van der Waals surface area contributed by atoms with Crippen LogP contribution in [0.4, 0.5) is 5.82 Å². The van der Waals surface area contributed by atoms with Gasteiger partial charge in [0.1, 0.15) is 0 Å². The molecule has 2 aliphatic rings. The van der Waals surface area contributed by atoms with Crippen molar-refractivity contribution in [1.29, 1.82) is 0 Å². The Balaban J connectivity index is 1.20. The van der Waals surface area contributed by atoms with Gasteiger partial charge in [0.15, 0.2) is 5.82 Å². The molecule has 3 heterocycles. The molecular formula is C22H31N5O. The maximum Gasteiger partial charge on any atom is 0.220 e. The van der Waals surface area contributed by atoms with Crippen LogP contribution >= 0.6 is 0 Å². The largest absolute Gasteiger partial charge is 0.356 e. The van der Waals surface area contributed by atoms with Gasteiger partial charge in [0.25, 0.3) is 0 Å². The summed E-state index contributed by atoms with van der Waals surface area (Å²) < 4.78 is 0. The molecule has 0 unspecified atom stereocenters. The van der Waals surface area contributed by atoms with Crippen molar-refractivity contribution in [2.75, 3.05) is 24.5 Å². The molecule has 6 nitrogen and oxygen atoms in total. The third-order valence-electron chi connectivity index (χ3n) is 6.26. The minimum Gasteiger partial charge on any atom is -0.356 e. The standard InChI is InChI=1S/C22H31N5O/c28-22(13-17-5-2-1-3-6-17)24-15-18-8-11-27(12-9-18)21-14-20(25-26-21)19-7-4-10-23-16-19/h4,7,10,14,16-18H,1-3,5-6,8-9,11-13,15H2,(H,24,28)(H,25,26). The summed E-state index contributed by atoms with van der Waals surface area (Å²) in [4.78, 5) is 18.7. The number of aromatic amines is 1. The fourth-order valence-corrected chi connectivity index (χ4v) is 4.49. The average Bonchev–Trinajstić information content (AvgIpc) is 3.24. The molecule has 4 rings (SSSR count). The van der Waals surface area contributed by atoms with Crippen molar-refractivity contribution in [3.63, 3.8) is 0 Å². The topological polar surface area (TPSA) is 73.9 Å². The predicted octanol–water partition coefficient (Wildman–Crippen LogP) is 3.77. The number of H-pyrrole nitrogens is 1. The first kappa shape index (κ1) is 19.0. The smallest absolute Gasteiger partial charge is 0.220 e. The molecule has 150 valence electrons. The number of nitrogens with one attached hydrogen (secondary N) is 2. The zero-order valence-electron chi connectivity index (χ0n) is 16.6. The molecule has 28 heavy (non-hydrogen) atoms. The summed E-state index contributed by atoms with van der Waals surface area (Å²) in [5, 5.41) is 10.8. The number of piperidine rings is 1. The first-order valence-electron chi connectivity index (χ1n) is 10.8. The van der Waals surface area contributed by atoms with Gasteiger partial charge in [-0.25, -0.2) is 0 Å². The number of hydrogen-bond donors (Lipinski definition) is 2.